The third-order valence-corrected chi connectivity index (χ3v) is 4.80. The molecule has 0 atom stereocenters. The van der Waals surface area contributed by atoms with Gasteiger partial charge in [0.1, 0.15) is 22.9 Å². The molecular weight excluding hydrogens is 421 g/mol. The molecule has 4 aromatic rings. The zero-order valence-corrected chi connectivity index (χ0v) is 17.5. The molecule has 4 N–H and O–H groups in total. The molecule has 0 saturated heterocycles. The van der Waals surface area contributed by atoms with Crippen LogP contribution in [-0.2, 0) is 0 Å². The van der Waals surface area contributed by atoms with Crippen molar-refractivity contribution in [1.29, 1.82) is 0 Å². The van der Waals surface area contributed by atoms with E-state index in [0.717, 1.165) is 0 Å². The first kappa shape index (κ1) is 20.6. The fraction of sp³-hybridized carbons (Fsp3) is 0.136. The third kappa shape index (κ3) is 4.15. The summed E-state index contributed by atoms with van der Waals surface area (Å²) in [6.45, 7) is 3.75. The van der Waals surface area contributed by atoms with E-state index in [1.165, 1.54) is 18.3 Å². The fourth-order valence-corrected chi connectivity index (χ4v) is 3.31. The van der Waals surface area contributed by atoms with Crippen LogP contribution in [0.15, 0.2) is 53.2 Å². The molecule has 0 fully saturated rings. The average molecular weight is 440 g/mol. The van der Waals surface area contributed by atoms with Gasteiger partial charge in [-0.05, 0) is 50.2 Å². The lowest BCUT2D eigenvalue weighted by atomic mass is 10.1. The number of aromatic nitrogens is 2. The number of carbonyl (C=O) groups excluding carboxylic acids is 1. The van der Waals surface area contributed by atoms with Crippen LogP contribution in [0.5, 0.6) is 0 Å². The number of anilines is 3. The van der Waals surface area contributed by atoms with Crippen molar-refractivity contribution in [2.45, 2.75) is 19.9 Å². The highest BCUT2D eigenvalue weighted by molar-refractivity contribution is 6.31. The Morgan fingerprint density at radius 2 is 1.94 bits per heavy atom. The number of rotatable bonds is 5. The van der Waals surface area contributed by atoms with Crippen molar-refractivity contribution in [1.82, 2.24) is 15.3 Å². The summed E-state index contributed by atoms with van der Waals surface area (Å²) in [5, 5.41) is 6.59. The predicted octanol–water partition coefficient (Wildman–Crippen LogP) is 5.15. The normalized spacial score (nSPS) is 11.1. The number of pyridine rings is 2. The molecule has 0 aliphatic rings. The van der Waals surface area contributed by atoms with Crippen molar-refractivity contribution in [3.05, 3.63) is 65.3 Å². The van der Waals surface area contributed by atoms with Gasteiger partial charge in [0.15, 0.2) is 5.58 Å². The number of nitrogens with zero attached hydrogens (tertiary/aromatic N) is 2. The molecule has 3 heterocycles. The smallest absolute Gasteiger partial charge is 0.270 e. The standard InChI is InChI=1S/C22H19ClFN5O2/c1-11(2)28-22(30)17-9-12(5-7-26-17)18-20-14(6-8-27-18)19(21(25)31-20)29-13-3-4-16(24)15(23)10-13/h3-11,29H,25H2,1-2H3,(H,28,30). The number of nitrogen functional groups attached to an aromatic ring is 1. The molecule has 3 aromatic heterocycles. The molecule has 9 heteroatoms. The van der Waals surface area contributed by atoms with Crippen molar-refractivity contribution < 1.29 is 13.6 Å². The first-order valence-corrected chi connectivity index (χ1v) is 9.87. The number of carbonyl (C=O) groups is 1. The number of hydrogen-bond donors (Lipinski definition) is 3. The van der Waals surface area contributed by atoms with E-state index in [0.29, 0.717) is 33.6 Å². The maximum Gasteiger partial charge on any atom is 0.270 e. The number of fused-ring (bicyclic) bond motifs is 1. The van der Waals surface area contributed by atoms with Crippen molar-refractivity contribution in [2.24, 2.45) is 0 Å². The van der Waals surface area contributed by atoms with E-state index in [4.69, 9.17) is 21.8 Å². The van der Waals surface area contributed by atoms with Gasteiger partial charge in [0.05, 0.1) is 10.4 Å². The molecule has 1 aromatic carbocycles. The Balaban J connectivity index is 1.75. The van der Waals surface area contributed by atoms with Gasteiger partial charge < -0.3 is 20.8 Å². The minimum absolute atomic E-state index is 0.0114. The first-order valence-electron chi connectivity index (χ1n) is 9.50. The Kier molecular flexibility index (Phi) is 5.48. The minimum Gasteiger partial charge on any atom is -0.436 e. The zero-order chi connectivity index (χ0) is 22.1. The maximum absolute atomic E-state index is 13.5. The second kappa shape index (κ2) is 8.23. The Morgan fingerprint density at radius 1 is 1.16 bits per heavy atom. The summed E-state index contributed by atoms with van der Waals surface area (Å²) in [6.07, 6.45) is 3.15. The first-order chi connectivity index (χ1) is 14.8. The molecule has 0 saturated carbocycles. The van der Waals surface area contributed by atoms with Crippen LogP contribution in [0.4, 0.5) is 21.6 Å². The van der Waals surface area contributed by atoms with E-state index >= 15 is 0 Å². The summed E-state index contributed by atoms with van der Waals surface area (Å²) in [5.74, 6) is -0.659. The van der Waals surface area contributed by atoms with Crippen molar-refractivity contribution >= 4 is 45.7 Å². The lowest BCUT2D eigenvalue weighted by Gasteiger charge is -2.09. The molecule has 0 radical (unpaired) electrons. The Morgan fingerprint density at radius 3 is 2.68 bits per heavy atom. The van der Waals surface area contributed by atoms with Crippen LogP contribution >= 0.6 is 11.6 Å². The van der Waals surface area contributed by atoms with Gasteiger partial charge in [-0.15, -0.1) is 0 Å². The molecule has 0 aliphatic carbocycles. The Bertz CT molecular complexity index is 1290. The lowest BCUT2D eigenvalue weighted by Crippen LogP contribution is -2.30. The van der Waals surface area contributed by atoms with Gasteiger partial charge >= 0.3 is 0 Å². The Labute approximate surface area is 182 Å². The molecule has 31 heavy (non-hydrogen) atoms. The summed E-state index contributed by atoms with van der Waals surface area (Å²) in [5.41, 5.74) is 9.04. The van der Waals surface area contributed by atoms with Gasteiger partial charge in [-0.25, -0.2) is 4.39 Å². The fourth-order valence-electron chi connectivity index (χ4n) is 3.13. The van der Waals surface area contributed by atoms with Crippen LogP contribution in [0.2, 0.25) is 5.02 Å². The number of benzene rings is 1. The van der Waals surface area contributed by atoms with Crippen molar-refractivity contribution in [3.8, 4) is 11.3 Å². The quantitative estimate of drug-likeness (QED) is 0.397. The minimum atomic E-state index is -0.515. The molecule has 7 nitrogen and oxygen atoms in total. The van der Waals surface area contributed by atoms with Gasteiger partial charge in [-0.3, -0.25) is 14.8 Å². The third-order valence-electron chi connectivity index (χ3n) is 4.51. The SMILES string of the molecule is CC(C)NC(=O)c1cc(-c2nccc3c(Nc4ccc(F)c(Cl)c4)c(N)oc23)ccn1. The Hall–Kier alpha value is -3.65. The molecule has 1 amide bonds. The van der Waals surface area contributed by atoms with Gasteiger partial charge in [-0.1, -0.05) is 11.6 Å². The number of nitrogens with one attached hydrogen (secondary N) is 2. The topological polar surface area (TPSA) is 106 Å². The number of nitrogens with two attached hydrogens (primary N) is 1. The predicted molar refractivity (Wildman–Crippen MR) is 119 cm³/mol. The largest absolute Gasteiger partial charge is 0.436 e. The van der Waals surface area contributed by atoms with Crippen LogP contribution < -0.4 is 16.4 Å². The van der Waals surface area contributed by atoms with Gasteiger partial charge in [-0.2, -0.15) is 0 Å². The highest BCUT2D eigenvalue weighted by Gasteiger charge is 2.19. The zero-order valence-electron chi connectivity index (χ0n) is 16.7. The van der Waals surface area contributed by atoms with Crippen LogP contribution in [0, 0.1) is 5.82 Å². The van der Waals surface area contributed by atoms with Crippen molar-refractivity contribution in [3.63, 3.8) is 0 Å². The highest BCUT2D eigenvalue weighted by Crippen LogP contribution is 2.39. The van der Waals surface area contributed by atoms with Gasteiger partial charge in [0, 0.05) is 29.7 Å². The van der Waals surface area contributed by atoms with Crippen molar-refractivity contribution in [2.75, 3.05) is 11.1 Å². The van der Waals surface area contributed by atoms with E-state index in [-0.39, 0.29) is 28.5 Å². The van der Waals surface area contributed by atoms with E-state index < -0.39 is 5.82 Å². The second-order valence-corrected chi connectivity index (χ2v) is 7.60. The summed E-state index contributed by atoms with van der Waals surface area (Å²) in [7, 11) is 0. The number of furan rings is 1. The van der Waals surface area contributed by atoms with Gasteiger partial charge in [0.2, 0.25) is 5.88 Å². The number of hydrogen-bond acceptors (Lipinski definition) is 6. The molecule has 158 valence electrons. The monoisotopic (exact) mass is 439 g/mol. The lowest BCUT2D eigenvalue weighted by molar-refractivity contribution is 0.0938. The van der Waals surface area contributed by atoms with E-state index in [1.54, 1.807) is 30.5 Å². The van der Waals surface area contributed by atoms with E-state index in [9.17, 15) is 9.18 Å². The summed E-state index contributed by atoms with van der Waals surface area (Å²) < 4.78 is 19.3. The van der Waals surface area contributed by atoms with Crippen LogP contribution in [0.1, 0.15) is 24.3 Å². The molecule has 0 spiro atoms. The van der Waals surface area contributed by atoms with Gasteiger partial charge in [0.25, 0.3) is 5.91 Å². The maximum atomic E-state index is 13.5. The summed E-state index contributed by atoms with van der Waals surface area (Å²) in [4.78, 5) is 20.9. The molecular formula is C22H19ClFN5O2. The number of amides is 1. The molecule has 4 rings (SSSR count). The highest BCUT2D eigenvalue weighted by atomic mass is 35.5. The molecule has 0 unspecified atom stereocenters. The van der Waals surface area contributed by atoms with Crippen LogP contribution in [0.25, 0.3) is 22.2 Å². The van der Waals surface area contributed by atoms with E-state index in [2.05, 4.69) is 20.6 Å². The van der Waals surface area contributed by atoms with Crippen LogP contribution in [-0.4, -0.2) is 21.9 Å². The number of halogens is 2. The average Bonchev–Trinajstić information content (AvgIpc) is 3.05. The van der Waals surface area contributed by atoms with Crippen LogP contribution in [0.3, 0.4) is 0 Å². The second-order valence-electron chi connectivity index (χ2n) is 7.19. The molecule has 0 aliphatic heterocycles. The summed E-state index contributed by atoms with van der Waals surface area (Å²) >= 11 is 5.87. The van der Waals surface area contributed by atoms with E-state index in [1.807, 2.05) is 13.8 Å². The molecule has 0 bridgehead atoms. The summed E-state index contributed by atoms with van der Waals surface area (Å²) in [6, 6.07) is 9.38.